The molecule has 1 N–H and O–H groups in total. The van der Waals surface area contributed by atoms with Crippen LogP contribution in [0.25, 0.3) is 11.3 Å². The van der Waals surface area contributed by atoms with Gasteiger partial charge in [0, 0.05) is 24.8 Å². The van der Waals surface area contributed by atoms with Crippen molar-refractivity contribution in [2.75, 3.05) is 4.90 Å². The zero-order chi connectivity index (χ0) is 22.4. The lowest BCUT2D eigenvalue weighted by Gasteiger charge is -2.13. The summed E-state index contributed by atoms with van der Waals surface area (Å²) in [6.45, 7) is 3.34. The van der Waals surface area contributed by atoms with E-state index in [-0.39, 0.29) is 28.9 Å². The number of anilines is 1. The average Bonchev–Trinajstić information content (AvgIpc) is 3.39. The minimum absolute atomic E-state index is 0.101. The van der Waals surface area contributed by atoms with Gasteiger partial charge < -0.3 is 18.7 Å². The third-order valence-corrected chi connectivity index (χ3v) is 4.55. The second kappa shape index (κ2) is 9.84. The van der Waals surface area contributed by atoms with Gasteiger partial charge in [-0.25, -0.2) is 9.78 Å². The predicted molar refractivity (Wildman–Crippen MR) is 111 cm³/mol. The highest BCUT2D eigenvalue weighted by atomic mass is 16.4. The van der Waals surface area contributed by atoms with E-state index >= 15 is 0 Å². The summed E-state index contributed by atoms with van der Waals surface area (Å²) in [7, 11) is 0. The van der Waals surface area contributed by atoms with Crippen LogP contribution in [0, 0.1) is 0 Å². The highest BCUT2D eigenvalue weighted by Gasteiger charge is 2.32. The number of unbranched alkanes of at least 4 members (excludes halogenated alkanes) is 1. The highest BCUT2D eigenvalue weighted by Crippen LogP contribution is 2.28. The van der Waals surface area contributed by atoms with Gasteiger partial charge in [0.05, 0.1) is 0 Å². The molecule has 31 heavy (non-hydrogen) atoms. The molecule has 9 nitrogen and oxygen atoms in total. The van der Waals surface area contributed by atoms with Gasteiger partial charge in [0.15, 0.2) is 29.1 Å². The number of carboxylic acid groups (broad SMARTS) is 1. The molecule has 0 fully saturated rings. The van der Waals surface area contributed by atoms with E-state index in [2.05, 4.69) is 9.97 Å². The number of amides is 2. The van der Waals surface area contributed by atoms with Crippen LogP contribution in [0.15, 0.2) is 45.4 Å². The van der Waals surface area contributed by atoms with Crippen LogP contribution in [0.3, 0.4) is 0 Å². The van der Waals surface area contributed by atoms with Crippen LogP contribution in [0.2, 0.25) is 0 Å². The Morgan fingerprint density at radius 1 is 1.06 bits per heavy atom. The van der Waals surface area contributed by atoms with Crippen molar-refractivity contribution in [2.24, 2.45) is 0 Å². The molecule has 0 spiro atoms. The van der Waals surface area contributed by atoms with E-state index in [0.29, 0.717) is 48.5 Å². The SMILES string of the molecule is CCc1nc(C(=O)N(C(=O)O)c2coc(CCCCC(C)=O)n2)c(-c2ccccc2)o1. The second-order valence-electron chi connectivity index (χ2n) is 6.94. The number of oxazole rings is 2. The summed E-state index contributed by atoms with van der Waals surface area (Å²) < 4.78 is 11.0. The van der Waals surface area contributed by atoms with Gasteiger partial charge in [0.2, 0.25) is 0 Å². The van der Waals surface area contributed by atoms with E-state index < -0.39 is 12.0 Å². The Morgan fingerprint density at radius 3 is 2.45 bits per heavy atom. The number of aromatic nitrogens is 2. The van der Waals surface area contributed by atoms with Crippen molar-refractivity contribution >= 4 is 23.6 Å². The van der Waals surface area contributed by atoms with E-state index in [9.17, 15) is 19.5 Å². The van der Waals surface area contributed by atoms with Crippen molar-refractivity contribution in [2.45, 2.75) is 46.0 Å². The molecule has 162 valence electrons. The summed E-state index contributed by atoms with van der Waals surface area (Å²) in [6.07, 6.45) is 2.26. The molecule has 0 saturated heterocycles. The molecule has 0 unspecified atom stereocenters. The van der Waals surface area contributed by atoms with Crippen molar-refractivity contribution in [3.8, 4) is 11.3 Å². The molecule has 1 aromatic carbocycles. The first-order chi connectivity index (χ1) is 14.9. The number of ketones is 1. The van der Waals surface area contributed by atoms with Crippen molar-refractivity contribution in [3.05, 3.63) is 54.1 Å². The highest BCUT2D eigenvalue weighted by molar-refractivity contribution is 6.19. The van der Waals surface area contributed by atoms with E-state index in [1.165, 1.54) is 6.92 Å². The van der Waals surface area contributed by atoms with Crippen LogP contribution in [0.5, 0.6) is 0 Å². The molecular formula is C22H23N3O6. The lowest BCUT2D eigenvalue weighted by Crippen LogP contribution is -2.36. The minimum atomic E-state index is -1.51. The fraction of sp³-hybridized carbons (Fsp3) is 0.318. The molecule has 0 saturated carbocycles. The molecule has 2 aromatic heterocycles. The summed E-state index contributed by atoms with van der Waals surface area (Å²) in [6, 6.07) is 8.87. The van der Waals surface area contributed by atoms with Crippen molar-refractivity contribution in [1.29, 1.82) is 0 Å². The molecule has 0 radical (unpaired) electrons. The Hall–Kier alpha value is -3.75. The molecular weight excluding hydrogens is 402 g/mol. The molecule has 0 aliphatic carbocycles. The third-order valence-electron chi connectivity index (χ3n) is 4.55. The lowest BCUT2D eigenvalue weighted by molar-refractivity contribution is -0.117. The number of Topliss-reactive ketones (excluding diaryl/α,β-unsaturated/α-hetero) is 1. The van der Waals surface area contributed by atoms with Crippen LogP contribution < -0.4 is 4.90 Å². The maximum Gasteiger partial charge on any atom is 0.420 e. The topological polar surface area (TPSA) is 127 Å². The molecule has 0 aliphatic heterocycles. The molecule has 0 aliphatic rings. The summed E-state index contributed by atoms with van der Waals surface area (Å²) in [5.41, 5.74) is 0.492. The quantitative estimate of drug-likeness (QED) is 0.496. The maximum atomic E-state index is 13.2. The summed E-state index contributed by atoms with van der Waals surface area (Å²) >= 11 is 0. The minimum Gasteiger partial charge on any atom is -0.464 e. The standard InChI is InChI=1S/C22H23N3O6/c1-3-17-24-19(20(31-17)15-10-5-4-6-11-15)21(27)25(22(28)29)16-13-30-18(23-16)12-8-7-9-14(2)26/h4-6,10-11,13H,3,7-9,12H2,1-2H3,(H,28,29). The third kappa shape index (κ3) is 5.25. The molecule has 9 heteroatoms. The average molecular weight is 425 g/mol. The van der Waals surface area contributed by atoms with Crippen LogP contribution in [0.1, 0.15) is 55.4 Å². The van der Waals surface area contributed by atoms with Crippen LogP contribution in [0.4, 0.5) is 10.6 Å². The zero-order valence-electron chi connectivity index (χ0n) is 17.3. The van der Waals surface area contributed by atoms with E-state index in [4.69, 9.17) is 8.83 Å². The first-order valence-electron chi connectivity index (χ1n) is 9.97. The van der Waals surface area contributed by atoms with Crippen molar-refractivity contribution < 1.29 is 28.3 Å². The van der Waals surface area contributed by atoms with Gasteiger partial charge in [-0.15, -0.1) is 0 Å². The molecule has 3 aromatic rings. The van der Waals surface area contributed by atoms with Crippen LogP contribution >= 0.6 is 0 Å². The number of imide groups is 1. The fourth-order valence-corrected chi connectivity index (χ4v) is 3.01. The van der Waals surface area contributed by atoms with Crippen LogP contribution in [-0.2, 0) is 17.6 Å². The Kier molecular flexibility index (Phi) is 6.96. The van der Waals surface area contributed by atoms with Crippen molar-refractivity contribution in [1.82, 2.24) is 9.97 Å². The number of benzene rings is 1. The number of carbonyl (C=O) groups excluding carboxylic acids is 2. The first kappa shape index (κ1) is 21.9. The number of aryl methyl sites for hydroxylation is 2. The molecule has 3 rings (SSSR count). The van der Waals surface area contributed by atoms with E-state index in [0.717, 1.165) is 6.26 Å². The van der Waals surface area contributed by atoms with Gasteiger partial charge in [-0.3, -0.25) is 4.79 Å². The number of hydrogen-bond acceptors (Lipinski definition) is 7. The molecule has 0 bridgehead atoms. The van der Waals surface area contributed by atoms with Gasteiger partial charge in [-0.05, 0) is 19.8 Å². The smallest absolute Gasteiger partial charge is 0.420 e. The van der Waals surface area contributed by atoms with Gasteiger partial charge >= 0.3 is 6.09 Å². The lowest BCUT2D eigenvalue weighted by atomic mass is 10.1. The monoisotopic (exact) mass is 425 g/mol. The fourth-order valence-electron chi connectivity index (χ4n) is 3.01. The predicted octanol–water partition coefficient (Wildman–Crippen LogP) is 4.52. The molecule has 2 amide bonds. The summed E-state index contributed by atoms with van der Waals surface area (Å²) in [5.74, 6) is -0.134. The van der Waals surface area contributed by atoms with Gasteiger partial charge in [0.25, 0.3) is 5.91 Å². The largest absolute Gasteiger partial charge is 0.464 e. The van der Waals surface area contributed by atoms with Gasteiger partial charge in [-0.2, -0.15) is 9.88 Å². The van der Waals surface area contributed by atoms with Crippen LogP contribution in [-0.4, -0.2) is 32.9 Å². The Labute approximate surface area is 178 Å². The number of hydrogen-bond donors (Lipinski definition) is 1. The van der Waals surface area contributed by atoms with Gasteiger partial charge in [0.1, 0.15) is 12.0 Å². The Morgan fingerprint density at radius 2 is 1.81 bits per heavy atom. The summed E-state index contributed by atoms with van der Waals surface area (Å²) in [5, 5.41) is 9.70. The van der Waals surface area contributed by atoms with E-state index in [1.807, 2.05) is 13.0 Å². The normalized spacial score (nSPS) is 10.8. The number of rotatable bonds is 9. The zero-order valence-corrected chi connectivity index (χ0v) is 17.3. The van der Waals surface area contributed by atoms with E-state index in [1.54, 1.807) is 24.3 Å². The van der Waals surface area contributed by atoms with Gasteiger partial charge in [-0.1, -0.05) is 37.3 Å². The Balaban J connectivity index is 1.86. The van der Waals surface area contributed by atoms with Crippen molar-refractivity contribution in [3.63, 3.8) is 0 Å². The maximum absolute atomic E-state index is 13.2. The Bertz CT molecular complexity index is 1070. The first-order valence-corrected chi connectivity index (χ1v) is 9.97. The summed E-state index contributed by atoms with van der Waals surface area (Å²) in [4.78, 5) is 44.9. The molecule has 0 atom stereocenters. The number of nitrogens with zero attached hydrogens (tertiary/aromatic N) is 3. The molecule has 2 heterocycles. The second-order valence-corrected chi connectivity index (χ2v) is 6.94. The number of carbonyl (C=O) groups is 3.